The smallest absolute Gasteiger partial charge is 0.221 e. The molecule has 0 radical (unpaired) electrons. The minimum Gasteiger partial charge on any atom is -0.372 e. The van der Waals surface area contributed by atoms with E-state index >= 15 is 0 Å². The van der Waals surface area contributed by atoms with Gasteiger partial charge < -0.3 is 4.74 Å². The first kappa shape index (κ1) is 13.7. The Morgan fingerprint density at radius 1 is 1.35 bits per heavy atom. The van der Waals surface area contributed by atoms with Crippen LogP contribution in [0.1, 0.15) is 25.3 Å². The number of nitrogens with one attached hydrogen (secondary N) is 2. The highest BCUT2D eigenvalue weighted by atomic mass is 16.5. The Labute approximate surface area is 102 Å². The normalized spacial score (nSPS) is 12.1. The second kappa shape index (κ2) is 8.73. The summed E-state index contributed by atoms with van der Waals surface area (Å²) in [6.07, 6.45) is 2.77. The number of rotatable bonds is 9. The SMILES string of the molecule is CCCC(CNNC=O)OCc1ccccc1. The van der Waals surface area contributed by atoms with E-state index in [1.54, 1.807) is 0 Å². The molecule has 1 amide bonds. The summed E-state index contributed by atoms with van der Waals surface area (Å²) in [5.74, 6) is 0. The number of benzene rings is 1. The van der Waals surface area contributed by atoms with Crippen LogP contribution in [0.25, 0.3) is 0 Å². The Morgan fingerprint density at radius 2 is 2.12 bits per heavy atom. The molecule has 4 heteroatoms. The van der Waals surface area contributed by atoms with E-state index in [0.29, 0.717) is 19.6 Å². The van der Waals surface area contributed by atoms with Gasteiger partial charge in [-0.25, -0.2) is 5.43 Å². The van der Waals surface area contributed by atoms with Crippen LogP contribution in [0.4, 0.5) is 0 Å². The molecule has 1 unspecified atom stereocenters. The van der Waals surface area contributed by atoms with Crippen molar-refractivity contribution in [3.8, 4) is 0 Å². The minimum atomic E-state index is 0.118. The number of hydrogen-bond donors (Lipinski definition) is 2. The Hall–Kier alpha value is -1.39. The molecule has 0 saturated carbocycles. The molecule has 0 aliphatic rings. The Kier molecular flexibility index (Phi) is 7.02. The molecule has 94 valence electrons. The van der Waals surface area contributed by atoms with Crippen LogP contribution in [-0.2, 0) is 16.1 Å². The molecule has 0 fully saturated rings. The van der Waals surface area contributed by atoms with Crippen LogP contribution in [0.3, 0.4) is 0 Å². The topological polar surface area (TPSA) is 50.4 Å². The van der Waals surface area contributed by atoms with Crippen LogP contribution < -0.4 is 10.9 Å². The van der Waals surface area contributed by atoms with E-state index in [0.717, 1.165) is 18.4 Å². The fourth-order valence-electron chi connectivity index (χ4n) is 1.57. The van der Waals surface area contributed by atoms with Crippen LogP contribution in [0.5, 0.6) is 0 Å². The number of hydrazine groups is 1. The Balaban J connectivity index is 2.30. The van der Waals surface area contributed by atoms with Crippen LogP contribution in [0.2, 0.25) is 0 Å². The molecular weight excluding hydrogens is 216 g/mol. The zero-order chi connectivity index (χ0) is 12.3. The van der Waals surface area contributed by atoms with Crippen LogP contribution in [0, 0.1) is 0 Å². The predicted molar refractivity (Wildman–Crippen MR) is 67.1 cm³/mol. The Bertz CT molecular complexity index is 304. The van der Waals surface area contributed by atoms with Gasteiger partial charge in [-0.1, -0.05) is 43.7 Å². The monoisotopic (exact) mass is 236 g/mol. The zero-order valence-electron chi connectivity index (χ0n) is 10.2. The van der Waals surface area contributed by atoms with E-state index in [4.69, 9.17) is 4.74 Å². The van der Waals surface area contributed by atoms with Gasteiger partial charge in [0.05, 0.1) is 12.7 Å². The van der Waals surface area contributed by atoms with Crippen molar-refractivity contribution in [2.75, 3.05) is 6.54 Å². The molecule has 1 aromatic rings. The third kappa shape index (κ3) is 6.04. The quantitative estimate of drug-likeness (QED) is 0.389. The number of hydrogen-bond acceptors (Lipinski definition) is 3. The lowest BCUT2D eigenvalue weighted by Gasteiger charge is -2.17. The lowest BCUT2D eigenvalue weighted by Crippen LogP contribution is -2.38. The third-order valence-corrected chi connectivity index (χ3v) is 2.43. The molecule has 0 bridgehead atoms. The second-order valence-electron chi connectivity index (χ2n) is 3.85. The van der Waals surface area contributed by atoms with E-state index in [9.17, 15) is 4.79 Å². The van der Waals surface area contributed by atoms with Gasteiger partial charge in [-0.2, -0.15) is 0 Å². The number of carbonyl (C=O) groups is 1. The summed E-state index contributed by atoms with van der Waals surface area (Å²) in [4.78, 5) is 10.1. The molecule has 1 aromatic carbocycles. The van der Waals surface area contributed by atoms with Crippen molar-refractivity contribution in [1.29, 1.82) is 0 Å². The largest absolute Gasteiger partial charge is 0.372 e. The molecule has 0 heterocycles. The molecule has 0 spiro atoms. The van der Waals surface area contributed by atoms with Gasteiger partial charge in [-0.15, -0.1) is 0 Å². The maximum atomic E-state index is 10.1. The number of ether oxygens (including phenoxy) is 1. The molecule has 0 aliphatic carbocycles. The van der Waals surface area contributed by atoms with Crippen molar-refractivity contribution in [2.45, 2.75) is 32.5 Å². The molecule has 17 heavy (non-hydrogen) atoms. The summed E-state index contributed by atoms with van der Waals surface area (Å²) < 4.78 is 5.80. The van der Waals surface area contributed by atoms with E-state index in [1.165, 1.54) is 0 Å². The van der Waals surface area contributed by atoms with Gasteiger partial charge in [0.2, 0.25) is 6.41 Å². The molecule has 1 atom stereocenters. The van der Waals surface area contributed by atoms with E-state index < -0.39 is 0 Å². The van der Waals surface area contributed by atoms with Gasteiger partial charge in [0.25, 0.3) is 0 Å². The summed E-state index contributed by atoms with van der Waals surface area (Å²) in [6, 6.07) is 10.1. The van der Waals surface area contributed by atoms with Crippen molar-refractivity contribution in [3.63, 3.8) is 0 Å². The summed E-state index contributed by atoms with van der Waals surface area (Å²) in [6.45, 7) is 3.35. The van der Waals surface area contributed by atoms with Gasteiger partial charge in [-0.3, -0.25) is 10.2 Å². The van der Waals surface area contributed by atoms with E-state index in [1.807, 2.05) is 30.3 Å². The van der Waals surface area contributed by atoms with Crippen molar-refractivity contribution in [1.82, 2.24) is 10.9 Å². The second-order valence-corrected chi connectivity index (χ2v) is 3.85. The van der Waals surface area contributed by atoms with Crippen molar-refractivity contribution < 1.29 is 9.53 Å². The van der Waals surface area contributed by atoms with E-state index in [2.05, 4.69) is 17.8 Å². The molecule has 0 saturated heterocycles. The summed E-state index contributed by atoms with van der Waals surface area (Å²) in [5.41, 5.74) is 6.40. The first-order chi connectivity index (χ1) is 8.36. The highest BCUT2D eigenvalue weighted by Gasteiger charge is 2.07. The fraction of sp³-hybridized carbons (Fsp3) is 0.462. The molecule has 0 aromatic heterocycles. The lowest BCUT2D eigenvalue weighted by molar-refractivity contribution is -0.110. The zero-order valence-corrected chi connectivity index (χ0v) is 10.2. The lowest BCUT2D eigenvalue weighted by atomic mass is 10.2. The molecular formula is C13H20N2O2. The maximum Gasteiger partial charge on any atom is 0.221 e. The van der Waals surface area contributed by atoms with Gasteiger partial charge in [0.1, 0.15) is 0 Å². The average molecular weight is 236 g/mol. The first-order valence-corrected chi connectivity index (χ1v) is 5.94. The van der Waals surface area contributed by atoms with E-state index in [-0.39, 0.29) is 6.10 Å². The minimum absolute atomic E-state index is 0.118. The maximum absolute atomic E-state index is 10.1. The van der Waals surface area contributed by atoms with Gasteiger partial charge in [0.15, 0.2) is 0 Å². The van der Waals surface area contributed by atoms with Crippen molar-refractivity contribution >= 4 is 6.41 Å². The highest BCUT2D eigenvalue weighted by molar-refractivity contribution is 5.44. The molecule has 4 nitrogen and oxygen atoms in total. The molecule has 1 rings (SSSR count). The van der Waals surface area contributed by atoms with Crippen molar-refractivity contribution in [2.24, 2.45) is 0 Å². The molecule has 0 aliphatic heterocycles. The predicted octanol–water partition coefficient (Wildman–Crippen LogP) is 1.62. The summed E-state index contributed by atoms with van der Waals surface area (Å²) >= 11 is 0. The van der Waals surface area contributed by atoms with Gasteiger partial charge >= 0.3 is 0 Å². The van der Waals surface area contributed by atoms with Gasteiger partial charge in [-0.05, 0) is 12.0 Å². The Morgan fingerprint density at radius 3 is 2.76 bits per heavy atom. The average Bonchev–Trinajstić information content (AvgIpc) is 2.37. The summed E-state index contributed by atoms with van der Waals surface area (Å²) in [5, 5.41) is 0. The van der Waals surface area contributed by atoms with Crippen LogP contribution >= 0.6 is 0 Å². The third-order valence-electron chi connectivity index (χ3n) is 2.43. The fourth-order valence-corrected chi connectivity index (χ4v) is 1.57. The van der Waals surface area contributed by atoms with Gasteiger partial charge in [0, 0.05) is 6.54 Å². The highest BCUT2D eigenvalue weighted by Crippen LogP contribution is 2.06. The van der Waals surface area contributed by atoms with Crippen molar-refractivity contribution in [3.05, 3.63) is 35.9 Å². The molecule has 2 N–H and O–H groups in total. The van der Waals surface area contributed by atoms with Crippen LogP contribution in [-0.4, -0.2) is 19.1 Å². The number of carbonyl (C=O) groups excluding carboxylic acids is 1. The standard InChI is InChI=1S/C13H20N2O2/c1-2-6-13(9-14-15-11-16)17-10-12-7-4-3-5-8-12/h3-5,7-8,11,13-14H,2,6,9-10H2,1H3,(H,15,16). The number of amides is 1. The van der Waals surface area contributed by atoms with Crippen LogP contribution in [0.15, 0.2) is 30.3 Å². The summed E-state index contributed by atoms with van der Waals surface area (Å²) in [7, 11) is 0. The first-order valence-electron chi connectivity index (χ1n) is 5.94.